The van der Waals surface area contributed by atoms with E-state index < -0.39 is 4.92 Å². The lowest BCUT2D eigenvalue weighted by Gasteiger charge is -2.11. The van der Waals surface area contributed by atoms with Crippen LogP contribution in [0.25, 0.3) is 11.3 Å². The third kappa shape index (κ3) is 3.06. The molecule has 1 aliphatic rings. The quantitative estimate of drug-likeness (QED) is 0.572. The van der Waals surface area contributed by atoms with E-state index in [1.54, 1.807) is 12.1 Å². The molecule has 1 N–H and O–H groups in total. The Labute approximate surface area is 144 Å². The molecular weight excluding hydrogens is 316 g/mol. The third-order valence-electron chi connectivity index (χ3n) is 4.36. The lowest BCUT2D eigenvalue weighted by atomic mass is 10.0. The van der Waals surface area contributed by atoms with E-state index in [2.05, 4.69) is 28.5 Å². The van der Waals surface area contributed by atoms with Gasteiger partial charge in [0.2, 0.25) is 5.95 Å². The van der Waals surface area contributed by atoms with Gasteiger partial charge in [-0.3, -0.25) is 10.1 Å². The molecule has 1 aliphatic carbocycles. The summed E-state index contributed by atoms with van der Waals surface area (Å²) in [5.74, 6) is 0.490. The molecular formula is C19H16N4O2. The van der Waals surface area contributed by atoms with Crippen molar-refractivity contribution in [3.63, 3.8) is 0 Å². The average molecular weight is 332 g/mol. The largest absolute Gasteiger partial charge is 0.324 e. The molecule has 6 nitrogen and oxygen atoms in total. The lowest BCUT2D eigenvalue weighted by molar-refractivity contribution is -0.384. The Hall–Kier alpha value is -3.28. The summed E-state index contributed by atoms with van der Waals surface area (Å²) >= 11 is 0. The van der Waals surface area contributed by atoms with Gasteiger partial charge in [-0.15, -0.1) is 0 Å². The minimum atomic E-state index is -0.417. The average Bonchev–Trinajstić information content (AvgIpc) is 2.81. The number of fused-ring (bicyclic) bond motifs is 3. The number of nitro groups is 1. The van der Waals surface area contributed by atoms with Crippen LogP contribution in [0, 0.1) is 10.1 Å². The van der Waals surface area contributed by atoms with Crippen LogP contribution < -0.4 is 5.32 Å². The highest BCUT2D eigenvalue weighted by Gasteiger charge is 2.16. The first-order valence-corrected chi connectivity index (χ1v) is 8.16. The van der Waals surface area contributed by atoms with Crippen molar-refractivity contribution in [2.45, 2.75) is 19.3 Å². The molecule has 0 aliphatic heterocycles. The zero-order valence-electron chi connectivity index (χ0n) is 13.5. The molecule has 3 aromatic rings. The number of aromatic nitrogens is 2. The summed E-state index contributed by atoms with van der Waals surface area (Å²) in [6, 6.07) is 14.6. The number of hydrogen-bond donors (Lipinski definition) is 1. The van der Waals surface area contributed by atoms with Gasteiger partial charge in [0.05, 0.1) is 10.6 Å². The molecule has 0 radical (unpaired) electrons. The maximum atomic E-state index is 10.7. The first kappa shape index (κ1) is 15.3. The molecule has 124 valence electrons. The van der Waals surface area contributed by atoms with Gasteiger partial charge >= 0.3 is 0 Å². The van der Waals surface area contributed by atoms with E-state index in [4.69, 9.17) is 4.98 Å². The van der Waals surface area contributed by atoms with Crippen LogP contribution >= 0.6 is 0 Å². The van der Waals surface area contributed by atoms with Crippen LogP contribution in [-0.4, -0.2) is 14.9 Å². The Morgan fingerprint density at radius 3 is 2.56 bits per heavy atom. The number of nitrogens with zero attached hydrogens (tertiary/aromatic N) is 3. The van der Waals surface area contributed by atoms with Crippen LogP contribution in [0.15, 0.2) is 54.7 Å². The summed E-state index contributed by atoms with van der Waals surface area (Å²) in [4.78, 5) is 19.4. The Balaban J connectivity index is 1.68. The van der Waals surface area contributed by atoms with Gasteiger partial charge in [-0.05, 0) is 42.5 Å². The maximum Gasteiger partial charge on any atom is 0.269 e. The predicted molar refractivity (Wildman–Crippen MR) is 95.9 cm³/mol. The maximum absolute atomic E-state index is 10.7. The van der Waals surface area contributed by atoms with Gasteiger partial charge in [-0.25, -0.2) is 9.97 Å². The van der Waals surface area contributed by atoms with Crippen molar-refractivity contribution < 1.29 is 4.92 Å². The van der Waals surface area contributed by atoms with Crippen LogP contribution in [0.4, 0.5) is 17.3 Å². The topological polar surface area (TPSA) is 81.0 Å². The molecule has 25 heavy (non-hydrogen) atoms. The molecule has 4 rings (SSSR count). The molecule has 2 aromatic carbocycles. The fraction of sp³-hybridized carbons (Fsp3) is 0.158. The van der Waals surface area contributed by atoms with Crippen molar-refractivity contribution in [3.8, 4) is 11.3 Å². The Kier molecular flexibility index (Phi) is 3.85. The Bertz CT molecular complexity index is 938. The van der Waals surface area contributed by atoms with Crippen molar-refractivity contribution in [1.82, 2.24) is 9.97 Å². The molecule has 6 heteroatoms. The summed E-state index contributed by atoms with van der Waals surface area (Å²) in [5, 5.41) is 13.9. The monoisotopic (exact) mass is 332 g/mol. The number of nitrogens with one attached hydrogen (secondary N) is 1. The molecule has 0 fully saturated rings. The molecule has 1 aromatic heterocycles. The van der Waals surface area contributed by atoms with Crippen LogP contribution in [-0.2, 0) is 12.8 Å². The summed E-state index contributed by atoms with van der Waals surface area (Å²) in [5.41, 5.74) is 5.35. The standard InChI is InChI=1S/C19H16N4O2/c24-23(25)16-10-8-15(9-11-16)21-19-20-12-14-6-3-5-13-4-1-2-7-17(13)18(14)22-19/h1-2,4,7-12H,3,5-6H2,(H,20,21,22). The number of benzene rings is 2. The Morgan fingerprint density at radius 1 is 1.00 bits per heavy atom. The molecule has 0 saturated carbocycles. The number of nitro benzene ring substituents is 1. The van der Waals surface area contributed by atoms with E-state index >= 15 is 0 Å². The molecule has 1 heterocycles. The van der Waals surface area contributed by atoms with Crippen molar-refractivity contribution in [2.24, 2.45) is 0 Å². The van der Waals surface area contributed by atoms with Gasteiger partial charge in [0, 0.05) is 29.6 Å². The summed E-state index contributed by atoms with van der Waals surface area (Å²) in [6.07, 6.45) is 4.96. The van der Waals surface area contributed by atoms with Gasteiger partial charge in [0.15, 0.2) is 0 Å². The minimum Gasteiger partial charge on any atom is -0.324 e. The van der Waals surface area contributed by atoms with E-state index in [9.17, 15) is 10.1 Å². The fourth-order valence-corrected chi connectivity index (χ4v) is 3.12. The normalized spacial score (nSPS) is 12.6. The van der Waals surface area contributed by atoms with E-state index in [-0.39, 0.29) is 5.69 Å². The number of anilines is 2. The highest BCUT2D eigenvalue weighted by atomic mass is 16.6. The van der Waals surface area contributed by atoms with Gasteiger partial charge in [0.1, 0.15) is 0 Å². The van der Waals surface area contributed by atoms with Crippen molar-refractivity contribution >= 4 is 17.3 Å². The minimum absolute atomic E-state index is 0.0577. The van der Waals surface area contributed by atoms with E-state index in [1.165, 1.54) is 17.7 Å². The molecule has 0 amide bonds. The van der Waals surface area contributed by atoms with E-state index in [1.807, 2.05) is 12.3 Å². The van der Waals surface area contributed by atoms with Crippen molar-refractivity contribution in [2.75, 3.05) is 5.32 Å². The van der Waals surface area contributed by atoms with Crippen molar-refractivity contribution in [1.29, 1.82) is 0 Å². The first-order chi connectivity index (χ1) is 12.2. The molecule has 0 unspecified atom stereocenters. The van der Waals surface area contributed by atoms with Gasteiger partial charge in [-0.1, -0.05) is 24.3 Å². The zero-order chi connectivity index (χ0) is 17.2. The second kappa shape index (κ2) is 6.32. The molecule has 0 bridgehead atoms. The smallest absolute Gasteiger partial charge is 0.269 e. The van der Waals surface area contributed by atoms with Gasteiger partial charge < -0.3 is 5.32 Å². The highest BCUT2D eigenvalue weighted by molar-refractivity contribution is 5.69. The van der Waals surface area contributed by atoms with E-state index in [0.29, 0.717) is 11.6 Å². The second-order valence-electron chi connectivity index (χ2n) is 6.01. The van der Waals surface area contributed by atoms with Crippen LogP contribution in [0.5, 0.6) is 0 Å². The van der Waals surface area contributed by atoms with Crippen molar-refractivity contribution in [3.05, 3.63) is 76.0 Å². The van der Waals surface area contributed by atoms with Gasteiger partial charge in [-0.2, -0.15) is 0 Å². The highest BCUT2D eigenvalue weighted by Crippen LogP contribution is 2.31. The third-order valence-corrected chi connectivity index (χ3v) is 4.36. The fourth-order valence-electron chi connectivity index (χ4n) is 3.12. The number of aryl methyl sites for hydroxylation is 2. The van der Waals surface area contributed by atoms with Crippen LogP contribution in [0.1, 0.15) is 17.5 Å². The number of hydrogen-bond acceptors (Lipinski definition) is 5. The zero-order valence-corrected chi connectivity index (χ0v) is 13.5. The second-order valence-corrected chi connectivity index (χ2v) is 6.01. The van der Waals surface area contributed by atoms with E-state index in [0.717, 1.165) is 36.1 Å². The Morgan fingerprint density at radius 2 is 1.76 bits per heavy atom. The lowest BCUT2D eigenvalue weighted by Crippen LogP contribution is -2.01. The SMILES string of the molecule is O=[N+]([O-])c1ccc(Nc2ncc3c(n2)-c2ccccc2CCC3)cc1. The summed E-state index contributed by atoms with van der Waals surface area (Å²) < 4.78 is 0. The molecule has 0 saturated heterocycles. The van der Waals surface area contributed by atoms with Gasteiger partial charge in [0.25, 0.3) is 5.69 Å². The predicted octanol–water partition coefficient (Wildman–Crippen LogP) is 4.28. The first-order valence-electron chi connectivity index (χ1n) is 8.16. The molecule has 0 spiro atoms. The van der Waals surface area contributed by atoms with Crippen LogP contribution in [0.3, 0.4) is 0 Å². The van der Waals surface area contributed by atoms with Crippen LogP contribution in [0.2, 0.25) is 0 Å². The number of non-ortho nitro benzene ring substituents is 1. The summed E-state index contributed by atoms with van der Waals surface area (Å²) in [7, 11) is 0. The number of rotatable bonds is 3. The summed E-state index contributed by atoms with van der Waals surface area (Å²) in [6.45, 7) is 0. The molecule has 0 atom stereocenters.